The van der Waals surface area contributed by atoms with Gasteiger partial charge in [-0.15, -0.1) is 5.10 Å². The van der Waals surface area contributed by atoms with Crippen molar-refractivity contribution in [2.75, 3.05) is 19.8 Å². The number of aromatic nitrogens is 3. The van der Waals surface area contributed by atoms with Gasteiger partial charge in [0.15, 0.2) is 5.69 Å². The van der Waals surface area contributed by atoms with Gasteiger partial charge in [-0.25, -0.2) is 9.07 Å². The SMILES string of the molecule is Cc1cc(F)cc2c1CN(C(=O)c1cn([C@@H]3COC[C@H]3O)nn1)CC2. The van der Waals surface area contributed by atoms with Gasteiger partial charge in [0, 0.05) is 13.1 Å². The summed E-state index contributed by atoms with van der Waals surface area (Å²) in [5, 5.41) is 17.8. The Bertz CT molecular complexity index is 822. The van der Waals surface area contributed by atoms with E-state index >= 15 is 0 Å². The number of carbonyl (C=O) groups is 1. The summed E-state index contributed by atoms with van der Waals surface area (Å²) >= 11 is 0. The molecular formula is C17H19FN4O3. The zero-order chi connectivity index (χ0) is 17.6. The second-order valence-electron chi connectivity index (χ2n) is 6.59. The smallest absolute Gasteiger partial charge is 0.276 e. The minimum Gasteiger partial charge on any atom is -0.388 e. The highest BCUT2D eigenvalue weighted by Crippen LogP contribution is 2.25. The molecule has 25 heavy (non-hydrogen) atoms. The Morgan fingerprint density at radius 1 is 1.40 bits per heavy atom. The summed E-state index contributed by atoms with van der Waals surface area (Å²) in [6, 6.07) is 2.72. The summed E-state index contributed by atoms with van der Waals surface area (Å²) in [7, 11) is 0. The number of halogens is 1. The van der Waals surface area contributed by atoms with Crippen molar-refractivity contribution < 1.29 is 19.0 Å². The summed E-state index contributed by atoms with van der Waals surface area (Å²) in [5.41, 5.74) is 3.04. The maximum absolute atomic E-state index is 13.5. The summed E-state index contributed by atoms with van der Waals surface area (Å²) < 4.78 is 20.2. The number of aliphatic hydroxyl groups is 1. The monoisotopic (exact) mass is 346 g/mol. The number of nitrogens with zero attached hydrogens (tertiary/aromatic N) is 4. The number of hydrogen-bond donors (Lipinski definition) is 1. The molecule has 4 rings (SSSR count). The van der Waals surface area contributed by atoms with Crippen molar-refractivity contribution >= 4 is 5.91 Å². The third-order valence-electron chi connectivity index (χ3n) is 4.91. The summed E-state index contributed by atoms with van der Waals surface area (Å²) in [6.07, 6.45) is 1.52. The highest BCUT2D eigenvalue weighted by atomic mass is 19.1. The summed E-state index contributed by atoms with van der Waals surface area (Å²) in [5.74, 6) is -0.453. The Kier molecular flexibility index (Phi) is 4.01. The number of aryl methyl sites for hydroxylation is 1. The van der Waals surface area contributed by atoms with Gasteiger partial charge < -0.3 is 14.7 Å². The van der Waals surface area contributed by atoms with Crippen molar-refractivity contribution in [1.82, 2.24) is 19.9 Å². The Morgan fingerprint density at radius 2 is 2.24 bits per heavy atom. The van der Waals surface area contributed by atoms with Gasteiger partial charge in [0.1, 0.15) is 18.0 Å². The van der Waals surface area contributed by atoms with Crippen molar-refractivity contribution in [3.63, 3.8) is 0 Å². The Hall–Kier alpha value is -2.32. The first kappa shape index (κ1) is 16.2. The van der Waals surface area contributed by atoms with E-state index in [1.54, 1.807) is 17.2 Å². The Balaban J connectivity index is 1.53. The van der Waals surface area contributed by atoms with Crippen LogP contribution in [0.3, 0.4) is 0 Å². The fourth-order valence-electron chi connectivity index (χ4n) is 3.47. The molecule has 1 saturated heterocycles. The minimum atomic E-state index is -0.649. The summed E-state index contributed by atoms with van der Waals surface area (Å²) in [6.45, 7) is 3.40. The summed E-state index contributed by atoms with van der Waals surface area (Å²) in [4.78, 5) is 14.4. The second kappa shape index (κ2) is 6.20. The van der Waals surface area contributed by atoms with Gasteiger partial charge in [0.25, 0.3) is 5.91 Å². The average molecular weight is 346 g/mol. The molecule has 0 radical (unpaired) electrons. The van der Waals surface area contributed by atoms with Crippen LogP contribution >= 0.6 is 0 Å². The Morgan fingerprint density at radius 3 is 3.00 bits per heavy atom. The number of rotatable bonds is 2. The molecule has 0 bridgehead atoms. The molecule has 0 spiro atoms. The number of benzene rings is 1. The van der Waals surface area contributed by atoms with E-state index in [2.05, 4.69) is 10.3 Å². The van der Waals surface area contributed by atoms with Crippen molar-refractivity contribution in [1.29, 1.82) is 0 Å². The van der Waals surface area contributed by atoms with E-state index in [1.807, 2.05) is 6.92 Å². The van der Waals surface area contributed by atoms with Crippen LogP contribution in [0.4, 0.5) is 4.39 Å². The van der Waals surface area contributed by atoms with E-state index in [9.17, 15) is 14.3 Å². The van der Waals surface area contributed by atoms with Crippen LogP contribution in [0.25, 0.3) is 0 Å². The van der Waals surface area contributed by atoms with Crippen molar-refractivity contribution in [3.8, 4) is 0 Å². The standard InChI is InChI=1S/C17H19FN4O3/c1-10-4-12(18)5-11-2-3-21(6-13(10)11)17(24)14-7-22(20-19-14)15-8-25-9-16(15)23/h4-5,7,15-16,23H,2-3,6,8-9H2,1H3/t15-,16-/m1/s1. The van der Waals surface area contributed by atoms with E-state index < -0.39 is 6.10 Å². The van der Waals surface area contributed by atoms with E-state index in [4.69, 9.17) is 4.74 Å². The third kappa shape index (κ3) is 2.91. The minimum absolute atomic E-state index is 0.214. The molecule has 1 N–H and O–H groups in total. The highest BCUT2D eigenvalue weighted by molar-refractivity contribution is 5.92. The molecule has 132 valence electrons. The maximum atomic E-state index is 13.5. The first-order valence-electron chi connectivity index (χ1n) is 8.28. The van der Waals surface area contributed by atoms with Gasteiger partial charge in [-0.2, -0.15) is 0 Å². The topological polar surface area (TPSA) is 80.5 Å². The van der Waals surface area contributed by atoms with Crippen LogP contribution < -0.4 is 0 Å². The van der Waals surface area contributed by atoms with Crippen molar-refractivity contribution in [3.05, 3.63) is 46.5 Å². The van der Waals surface area contributed by atoms with Gasteiger partial charge in [0.05, 0.1) is 19.4 Å². The molecule has 1 aromatic heterocycles. The van der Waals surface area contributed by atoms with Crippen LogP contribution in [0.1, 0.15) is 33.2 Å². The fourth-order valence-corrected chi connectivity index (χ4v) is 3.47. The van der Waals surface area contributed by atoms with Gasteiger partial charge in [-0.3, -0.25) is 4.79 Å². The molecule has 0 unspecified atom stereocenters. The molecule has 8 heteroatoms. The lowest BCUT2D eigenvalue weighted by Gasteiger charge is -2.29. The molecule has 0 saturated carbocycles. The zero-order valence-electron chi connectivity index (χ0n) is 13.9. The zero-order valence-corrected chi connectivity index (χ0v) is 13.9. The molecule has 1 aromatic carbocycles. The largest absolute Gasteiger partial charge is 0.388 e. The second-order valence-corrected chi connectivity index (χ2v) is 6.59. The van der Waals surface area contributed by atoms with Gasteiger partial charge in [-0.1, -0.05) is 5.21 Å². The first-order valence-corrected chi connectivity index (χ1v) is 8.28. The van der Waals surface area contributed by atoms with E-state index in [0.29, 0.717) is 26.1 Å². The Labute approximate surface area is 144 Å². The van der Waals surface area contributed by atoms with E-state index in [1.165, 1.54) is 10.7 Å². The van der Waals surface area contributed by atoms with Crippen molar-refractivity contribution in [2.45, 2.75) is 32.0 Å². The fraction of sp³-hybridized carbons (Fsp3) is 0.471. The van der Waals surface area contributed by atoms with Crippen LogP contribution in [0, 0.1) is 12.7 Å². The lowest BCUT2D eigenvalue weighted by Crippen LogP contribution is -2.36. The van der Waals surface area contributed by atoms with Gasteiger partial charge in [-0.05, 0) is 42.2 Å². The van der Waals surface area contributed by atoms with Crippen molar-refractivity contribution in [2.24, 2.45) is 0 Å². The van der Waals surface area contributed by atoms with Crippen LogP contribution in [0.15, 0.2) is 18.3 Å². The highest BCUT2D eigenvalue weighted by Gasteiger charge is 2.31. The average Bonchev–Trinajstić information content (AvgIpc) is 3.22. The molecule has 1 fully saturated rings. The number of carbonyl (C=O) groups excluding carboxylic acids is 1. The molecule has 3 heterocycles. The first-order chi connectivity index (χ1) is 12.0. The molecule has 1 amide bonds. The van der Waals surface area contributed by atoms with E-state index in [-0.39, 0.29) is 30.1 Å². The quantitative estimate of drug-likeness (QED) is 0.872. The predicted octanol–water partition coefficient (Wildman–Crippen LogP) is 0.856. The molecule has 7 nitrogen and oxygen atoms in total. The van der Waals surface area contributed by atoms with Crippen LogP contribution in [-0.4, -0.2) is 56.8 Å². The maximum Gasteiger partial charge on any atom is 0.276 e. The van der Waals surface area contributed by atoms with E-state index in [0.717, 1.165) is 16.7 Å². The number of fused-ring (bicyclic) bond motifs is 1. The molecule has 2 aromatic rings. The van der Waals surface area contributed by atoms with Gasteiger partial charge >= 0.3 is 0 Å². The number of aliphatic hydroxyl groups excluding tert-OH is 1. The molecule has 0 aliphatic carbocycles. The van der Waals surface area contributed by atoms with Crippen LogP contribution in [-0.2, 0) is 17.7 Å². The predicted molar refractivity (Wildman–Crippen MR) is 85.5 cm³/mol. The van der Waals surface area contributed by atoms with Gasteiger partial charge in [0.2, 0.25) is 0 Å². The lowest BCUT2D eigenvalue weighted by atomic mass is 9.95. The van der Waals surface area contributed by atoms with Crippen LogP contribution in [0.2, 0.25) is 0 Å². The molecular weight excluding hydrogens is 327 g/mol. The molecule has 2 atom stereocenters. The van der Waals surface area contributed by atoms with Crippen LogP contribution in [0.5, 0.6) is 0 Å². The molecule has 2 aliphatic heterocycles. The lowest BCUT2D eigenvalue weighted by molar-refractivity contribution is 0.0728. The number of ether oxygens (including phenoxy) is 1. The molecule has 2 aliphatic rings. The number of amides is 1. The third-order valence-corrected chi connectivity index (χ3v) is 4.91. The normalized spacial score (nSPS) is 22.9. The number of hydrogen-bond acceptors (Lipinski definition) is 5.